The van der Waals surface area contributed by atoms with Gasteiger partial charge in [0.25, 0.3) is 0 Å². The maximum Gasteiger partial charge on any atom is 0.229 e. The van der Waals surface area contributed by atoms with Crippen LogP contribution in [0.1, 0.15) is 11.7 Å². The lowest BCUT2D eigenvalue weighted by Gasteiger charge is -2.15. The summed E-state index contributed by atoms with van der Waals surface area (Å²) in [6.45, 7) is 1.04. The van der Waals surface area contributed by atoms with E-state index in [4.69, 9.17) is 4.74 Å². The molecule has 0 bridgehead atoms. The Labute approximate surface area is 186 Å². The largest absolute Gasteiger partial charge is 0.506 e. The highest BCUT2D eigenvalue weighted by Gasteiger charge is 2.12. The normalized spacial score (nSPS) is 12.3. The fourth-order valence-electron chi connectivity index (χ4n) is 3.05. The number of phenols is 1. The smallest absolute Gasteiger partial charge is 0.229 e. The molecule has 32 heavy (non-hydrogen) atoms. The quantitative estimate of drug-likeness (QED) is 0.273. The molecule has 7 nitrogen and oxygen atoms in total. The number of hydrogen-bond acceptors (Lipinski definition) is 6. The van der Waals surface area contributed by atoms with Gasteiger partial charge in [0.1, 0.15) is 23.9 Å². The molecule has 0 aliphatic carbocycles. The summed E-state index contributed by atoms with van der Waals surface area (Å²) in [4.78, 5) is 0. The maximum absolute atomic E-state index is 13.4. The second kappa shape index (κ2) is 10.4. The molecule has 3 aromatic rings. The van der Waals surface area contributed by atoms with E-state index in [1.807, 2.05) is 30.3 Å². The second-order valence-corrected chi connectivity index (χ2v) is 9.00. The minimum absolute atomic E-state index is 0.00840. The van der Waals surface area contributed by atoms with Crippen LogP contribution in [0.2, 0.25) is 0 Å². The molecule has 1 atom stereocenters. The third-order valence-electron chi connectivity index (χ3n) is 4.60. The van der Waals surface area contributed by atoms with Crippen LogP contribution >= 0.6 is 0 Å². The van der Waals surface area contributed by atoms with Gasteiger partial charge in [-0.05, 0) is 53.1 Å². The van der Waals surface area contributed by atoms with Crippen LogP contribution < -0.4 is 14.8 Å². The molecule has 9 heteroatoms. The first kappa shape index (κ1) is 23.5. The van der Waals surface area contributed by atoms with E-state index < -0.39 is 16.1 Å². The number of rotatable bonds is 10. The number of benzene rings is 3. The topological polar surface area (TPSA) is 108 Å². The Morgan fingerprint density at radius 3 is 2.47 bits per heavy atom. The molecule has 0 saturated carbocycles. The van der Waals surface area contributed by atoms with Crippen molar-refractivity contribution in [3.63, 3.8) is 0 Å². The Balaban J connectivity index is 1.45. The summed E-state index contributed by atoms with van der Waals surface area (Å²) in [7, 11) is -3.55. The molecule has 0 spiro atoms. The number of hydrogen-bond donors (Lipinski definition) is 4. The molecule has 0 amide bonds. The minimum Gasteiger partial charge on any atom is -0.506 e. The Bertz CT molecular complexity index is 1150. The van der Waals surface area contributed by atoms with Gasteiger partial charge >= 0.3 is 0 Å². The van der Waals surface area contributed by atoms with Crippen molar-refractivity contribution in [2.24, 2.45) is 0 Å². The highest BCUT2D eigenvalue weighted by atomic mass is 32.2. The molecule has 0 radical (unpaired) electrons. The fourth-order valence-corrected chi connectivity index (χ4v) is 3.61. The molecular weight excluding hydrogens is 435 g/mol. The molecule has 170 valence electrons. The van der Waals surface area contributed by atoms with Crippen LogP contribution in [-0.2, 0) is 10.0 Å². The molecule has 4 N–H and O–H groups in total. The van der Waals surface area contributed by atoms with Gasteiger partial charge in [-0.2, -0.15) is 0 Å². The Morgan fingerprint density at radius 2 is 1.78 bits per heavy atom. The number of sulfonamides is 1. The molecule has 0 fully saturated rings. The van der Waals surface area contributed by atoms with Gasteiger partial charge in [0.15, 0.2) is 0 Å². The van der Waals surface area contributed by atoms with E-state index in [2.05, 4.69) is 10.0 Å². The van der Waals surface area contributed by atoms with Crippen molar-refractivity contribution in [3.05, 3.63) is 78.1 Å². The number of aromatic hydroxyl groups is 1. The molecule has 3 aromatic carbocycles. The van der Waals surface area contributed by atoms with E-state index in [-0.39, 0.29) is 23.8 Å². The van der Waals surface area contributed by atoms with Gasteiger partial charge in [0.2, 0.25) is 10.0 Å². The minimum atomic E-state index is -3.55. The second-order valence-electron chi connectivity index (χ2n) is 7.25. The summed E-state index contributed by atoms with van der Waals surface area (Å²) in [5.74, 6) is 0.157. The molecule has 0 heterocycles. The number of nitrogens with one attached hydrogen (secondary N) is 2. The van der Waals surface area contributed by atoms with Crippen LogP contribution in [0.3, 0.4) is 0 Å². The van der Waals surface area contributed by atoms with Crippen LogP contribution in [0.25, 0.3) is 11.1 Å². The van der Waals surface area contributed by atoms with Gasteiger partial charge in [-0.1, -0.05) is 30.3 Å². The van der Waals surface area contributed by atoms with Gasteiger partial charge in [0, 0.05) is 13.1 Å². The zero-order valence-corrected chi connectivity index (χ0v) is 18.3. The molecular formula is C23H25FN2O5S. The van der Waals surface area contributed by atoms with Crippen molar-refractivity contribution < 1.29 is 27.8 Å². The van der Waals surface area contributed by atoms with Gasteiger partial charge in [-0.3, -0.25) is 4.72 Å². The number of ether oxygens (including phenoxy) is 1. The summed E-state index contributed by atoms with van der Waals surface area (Å²) in [6, 6.07) is 17.9. The van der Waals surface area contributed by atoms with Crippen LogP contribution in [0.5, 0.6) is 11.5 Å². The lowest BCUT2D eigenvalue weighted by molar-refractivity contribution is 0.172. The zero-order chi connectivity index (χ0) is 23.1. The number of anilines is 1. The predicted molar refractivity (Wildman–Crippen MR) is 122 cm³/mol. The number of aliphatic hydroxyl groups excluding tert-OH is 1. The molecule has 0 saturated heterocycles. The highest BCUT2D eigenvalue weighted by molar-refractivity contribution is 7.92. The third-order valence-corrected chi connectivity index (χ3v) is 5.19. The van der Waals surface area contributed by atoms with Gasteiger partial charge in [0.05, 0.1) is 18.0 Å². The van der Waals surface area contributed by atoms with E-state index in [0.717, 1.165) is 17.4 Å². The van der Waals surface area contributed by atoms with Gasteiger partial charge in [-0.25, -0.2) is 12.8 Å². The van der Waals surface area contributed by atoms with E-state index in [0.29, 0.717) is 24.5 Å². The zero-order valence-electron chi connectivity index (χ0n) is 17.5. The summed E-state index contributed by atoms with van der Waals surface area (Å²) in [6.07, 6.45) is 0.0767. The first-order valence-electron chi connectivity index (χ1n) is 9.89. The number of halogens is 1. The summed E-state index contributed by atoms with van der Waals surface area (Å²) in [5, 5.41) is 23.2. The summed E-state index contributed by atoms with van der Waals surface area (Å²) in [5.41, 5.74) is 2.14. The monoisotopic (exact) mass is 460 g/mol. The summed E-state index contributed by atoms with van der Waals surface area (Å²) < 4.78 is 44.0. The maximum atomic E-state index is 13.4. The Hall–Kier alpha value is -3.14. The van der Waals surface area contributed by atoms with Crippen LogP contribution in [-0.4, -0.2) is 44.6 Å². The molecule has 3 rings (SSSR count). The van der Waals surface area contributed by atoms with E-state index in [9.17, 15) is 23.0 Å². The molecule has 0 aliphatic rings. The van der Waals surface area contributed by atoms with Crippen LogP contribution in [0.4, 0.5) is 10.1 Å². The van der Waals surface area contributed by atoms with Gasteiger partial charge < -0.3 is 20.3 Å². The first-order chi connectivity index (χ1) is 15.2. The van der Waals surface area contributed by atoms with Crippen molar-refractivity contribution in [2.75, 3.05) is 30.7 Å². The van der Waals surface area contributed by atoms with Gasteiger partial charge in [-0.15, -0.1) is 0 Å². The summed E-state index contributed by atoms with van der Waals surface area (Å²) >= 11 is 0. The number of aliphatic hydroxyl groups is 1. The van der Waals surface area contributed by atoms with Crippen LogP contribution in [0, 0.1) is 5.82 Å². The fraction of sp³-hybridized carbons (Fsp3) is 0.217. The predicted octanol–water partition coefficient (Wildman–Crippen LogP) is 3.27. The SMILES string of the molecule is CS(=O)(=O)Nc1cc(C(O)CNCCOc2ccc(-c3cccc(F)c3)cc2)ccc1O. The Morgan fingerprint density at radius 1 is 1.03 bits per heavy atom. The van der Waals surface area contributed by atoms with Crippen molar-refractivity contribution in [2.45, 2.75) is 6.10 Å². The average Bonchev–Trinajstić information content (AvgIpc) is 2.74. The van der Waals surface area contributed by atoms with Crippen molar-refractivity contribution in [1.82, 2.24) is 5.32 Å². The molecule has 1 unspecified atom stereocenters. The highest BCUT2D eigenvalue weighted by Crippen LogP contribution is 2.27. The van der Waals surface area contributed by atoms with Crippen molar-refractivity contribution in [1.29, 1.82) is 0 Å². The van der Waals surface area contributed by atoms with Crippen molar-refractivity contribution >= 4 is 15.7 Å². The lowest BCUT2D eigenvalue weighted by atomic mass is 10.1. The van der Waals surface area contributed by atoms with E-state index in [1.54, 1.807) is 6.07 Å². The lowest BCUT2D eigenvalue weighted by Crippen LogP contribution is -2.26. The molecule has 0 aromatic heterocycles. The average molecular weight is 461 g/mol. The molecule has 0 aliphatic heterocycles. The Kier molecular flexibility index (Phi) is 7.68. The van der Waals surface area contributed by atoms with E-state index in [1.165, 1.54) is 30.3 Å². The standard InChI is InChI=1S/C23H25FN2O5S/c1-32(29,30)26-21-14-18(7-10-22(21)27)23(28)15-25-11-12-31-20-8-5-16(6-9-20)17-3-2-4-19(24)13-17/h2-10,13-14,23,25-28H,11-12,15H2,1H3. The first-order valence-corrected chi connectivity index (χ1v) is 11.8. The van der Waals surface area contributed by atoms with Crippen LogP contribution in [0.15, 0.2) is 66.7 Å². The van der Waals surface area contributed by atoms with E-state index >= 15 is 0 Å². The van der Waals surface area contributed by atoms with Crippen molar-refractivity contribution in [3.8, 4) is 22.6 Å². The number of phenolic OH excluding ortho intramolecular Hbond substituents is 1. The third kappa shape index (κ3) is 6.94.